The van der Waals surface area contributed by atoms with Gasteiger partial charge < -0.3 is 31.3 Å². The minimum Gasteiger partial charge on any atom is -0.458 e. The number of benzene rings is 1. The number of esters is 1. The first kappa shape index (κ1) is 37.3. The Labute approximate surface area is 295 Å². The van der Waals surface area contributed by atoms with Gasteiger partial charge in [-0.3, -0.25) is 19.2 Å². The number of nitrogens with one attached hydrogen (secondary N) is 3. The van der Waals surface area contributed by atoms with Crippen LogP contribution in [0.2, 0.25) is 0 Å². The third-order valence-electron chi connectivity index (χ3n) is 11.3. The van der Waals surface area contributed by atoms with E-state index in [1.165, 1.54) is 0 Å². The van der Waals surface area contributed by atoms with Crippen molar-refractivity contribution in [1.29, 1.82) is 0 Å². The molecule has 50 heavy (non-hydrogen) atoms. The molecule has 0 radical (unpaired) electrons. The Balaban J connectivity index is 1.41. The molecule has 12 heteroatoms. The maximum absolute atomic E-state index is 14.7. The average molecular weight is 694 g/mol. The Bertz CT molecular complexity index is 1510. The molecule has 1 aromatic rings. The first-order valence-corrected chi connectivity index (χ1v) is 18.0. The van der Waals surface area contributed by atoms with Crippen LogP contribution in [0.3, 0.4) is 0 Å². The van der Waals surface area contributed by atoms with Crippen molar-refractivity contribution in [1.82, 2.24) is 20.9 Å². The molecular weight excluding hydrogens is 638 g/mol. The number of fused-ring (bicyclic) bond motifs is 2. The average Bonchev–Trinajstić information content (AvgIpc) is 3.34. The SMILES string of the molecule is CC(C)(C)OC(=O)[C@@H](NC(=O)N[C@H](C(=O)N1C[C@H]2C([C@H]1C(=O)NC(CC1CCC1)C(=O)C(N)=O)C2(C)C)C1Cc2ccccc2C1)C(C)(C)C. The van der Waals surface area contributed by atoms with Gasteiger partial charge in [0.1, 0.15) is 23.7 Å². The van der Waals surface area contributed by atoms with E-state index in [2.05, 4.69) is 29.8 Å². The molecule has 4 aliphatic rings. The monoisotopic (exact) mass is 693 g/mol. The van der Waals surface area contributed by atoms with Crippen LogP contribution in [0.15, 0.2) is 24.3 Å². The summed E-state index contributed by atoms with van der Waals surface area (Å²) in [5.41, 5.74) is 5.86. The summed E-state index contributed by atoms with van der Waals surface area (Å²) in [7, 11) is 0. The number of piperidine rings is 1. The highest BCUT2D eigenvalue weighted by molar-refractivity contribution is 6.37. The molecule has 12 nitrogen and oxygen atoms in total. The smallest absolute Gasteiger partial charge is 0.329 e. The zero-order valence-electron chi connectivity index (χ0n) is 30.8. The van der Waals surface area contributed by atoms with E-state index in [0.717, 1.165) is 30.4 Å². The van der Waals surface area contributed by atoms with Gasteiger partial charge in [0.25, 0.3) is 5.91 Å². The molecule has 274 valence electrons. The number of primary amides is 1. The predicted octanol–water partition coefficient (Wildman–Crippen LogP) is 3.04. The molecule has 2 saturated carbocycles. The van der Waals surface area contributed by atoms with Crippen molar-refractivity contribution >= 4 is 35.5 Å². The zero-order chi connectivity index (χ0) is 36.9. The maximum atomic E-state index is 14.7. The van der Waals surface area contributed by atoms with Crippen molar-refractivity contribution in [2.24, 2.45) is 40.2 Å². The topological polar surface area (TPSA) is 177 Å². The van der Waals surface area contributed by atoms with Crippen LogP contribution in [-0.4, -0.2) is 76.7 Å². The van der Waals surface area contributed by atoms with Crippen molar-refractivity contribution in [2.75, 3.05) is 6.54 Å². The van der Waals surface area contributed by atoms with Crippen molar-refractivity contribution in [3.8, 4) is 0 Å². The van der Waals surface area contributed by atoms with Gasteiger partial charge in [0, 0.05) is 6.54 Å². The van der Waals surface area contributed by atoms with E-state index in [-0.39, 0.29) is 29.1 Å². The first-order valence-electron chi connectivity index (χ1n) is 18.0. The van der Waals surface area contributed by atoms with Crippen LogP contribution in [0.1, 0.15) is 92.2 Å². The molecule has 0 bridgehead atoms. The number of hydrogen-bond acceptors (Lipinski definition) is 7. The number of carbonyl (C=O) groups excluding carboxylic acids is 6. The Morgan fingerprint density at radius 2 is 1.54 bits per heavy atom. The van der Waals surface area contributed by atoms with Crippen LogP contribution >= 0.6 is 0 Å². The molecule has 5 N–H and O–H groups in total. The minimum absolute atomic E-state index is 0.0480. The summed E-state index contributed by atoms with van der Waals surface area (Å²) >= 11 is 0. The van der Waals surface area contributed by atoms with Crippen molar-refractivity contribution in [2.45, 2.75) is 124 Å². The number of ether oxygens (including phenoxy) is 1. The molecule has 1 heterocycles. The van der Waals surface area contributed by atoms with Crippen LogP contribution in [0.5, 0.6) is 0 Å². The summed E-state index contributed by atoms with van der Waals surface area (Å²) in [6.07, 6.45) is 4.26. The third kappa shape index (κ3) is 7.84. The summed E-state index contributed by atoms with van der Waals surface area (Å²) in [5.74, 6) is -3.63. The van der Waals surface area contributed by atoms with Crippen LogP contribution in [0, 0.1) is 34.5 Å². The van der Waals surface area contributed by atoms with Gasteiger partial charge in [0.15, 0.2) is 0 Å². The lowest BCUT2D eigenvalue weighted by atomic mass is 9.80. The zero-order valence-corrected chi connectivity index (χ0v) is 30.8. The highest BCUT2D eigenvalue weighted by atomic mass is 16.6. The Hall–Kier alpha value is -3.96. The quantitative estimate of drug-likeness (QED) is 0.203. The van der Waals surface area contributed by atoms with E-state index in [0.29, 0.717) is 25.8 Å². The van der Waals surface area contributed by atoms with Crippen LogP contribution in [-0.2, 0) is 41.6 Å². The third-order valence-corrected chi connectivity index (χ3v) is 11.3. The van der Waals surface area contributed by atoms with E-state index < -0.39 is 70.7 Å². The molecule has 1 saturated heterocycles. The number of nitrogens with two attached hydrogens (primary N) is 1. The van der Waals surface area contributed by atoms with Gasteiger partial charge in [0.2, 0.25) is 17.6 Å². The highest BCUT2D eigenvalue weighted by Crippen LogP contribution is 2.65. The minimum atomic E-state index is -1.10. The predicted molar refractivity (Wildman–Crippen MR) is 186 cm³/mol. The molecule has 2 unspecified atom stereocenters. The summed E-state index contributed by atoms with van der Waals surface area (Å²) in [6, 6.07) is 3.23. The lowest BCUT2D eigenvalue weighted by Gasteiger charge is -2.36. The molecule has 3 fully saturated rings. The normalized spacial score (nSPS) is 24.5. The fourth-order valence-electron chi connectivity index (χ4n) is 8.23. The number of urea groups is 1. The molecule has 5 amide bonds. The Morgan fingerprint density at radius 3 is 2.04 bits per heavy atom. The fraction of sp³-hybridized carbons (Fsp3) is 0.684. The van der Waals surface area contributed by atoms with Gasteiger partial charge in [-0.1, -0.05) is 78.1 Å². The van der Waals surface area contributed by atoms with Crippen molar-refractivity contribution in [3.63, 3.8) is 0 Å². The maximum Gasteiger partial charge on any atom is 0.329 e. The number of likely N-dealkylation sites (tertiary alicyclic amines) is 1. The lowest BCUT2D eigenvalue weighted by Crippen LogP contribution is -2.62. The number of rotatable bonds is 11. The number of ketones is 1. The van der Waals surface area contributed by atoms with Gasteiger partial charge in [0.05, 0.1) is 6.04 Å². The lowest BCUT2D eigenvalue weighted by molar-refractivity contribution is -0.160. The fourth-order valence-corrected chi connectivity index (χ4v) is 8.23. The van der Waals surface area contributed by atoms with Crippen molar-refractivity contribution < 1.29 is 33.5 Å². The molecular formula is C38H55N5O7. The summed E-state index contributed by atoms with van der Waals surface area (Å²) in [4.78, 5) is 82.2. The standard InChI is InChI=1S/C38H55N5O7/c1-36(2,3)30(34(48)50-37(4,5)6)42-35(49)41-27(23-17-21-14-9-10-15-22(21)18-23)33(47)43-19-24-26(38(24,7)8)28(43)32(46)40-25(29(44)31(39)45)16-20-12-11-13-20/h9-10,14-15,20,23-28,30H,11-13,16-19H2,1-8H3,(H2,39,45)(H,40,46)(H2,41,42,49)/t24-,25?,26?,27-,28-,30+/m0/s1. The summed E-state index contributed by atoms with van der Waals surface area (Å²) < 4.78 is 5.62. The van der Waals surface area contributed by atoms with Gasteiger partial charge in [-0.05, 0) is 85.7 Å². The Kier molecular flexibility index (Phi) is 10.2. The molecule has 1 aliphatic heterocycles. The summed E-state index contributed by atoms with van der Waals surface area (Å²) in [6.45, 7) is 15.2. The molecule has 0 spiro atoms. The van der Waals surface area contributed by atoms with Crippen molar-refractivity contribution in [3.05, 3.63) is 35.4 Å². The second-order valence-electron chi connectivity index (χ2n) is 17.6. The van der Waals surface area contributed by atoms with Gasteiger partial charge in [-0.2, -0.15) is 0 Å². The van der Waals surface area contributed by atoms with Gasteiger partial charge in [-0.15, -0.1) is 0 Å². The highest BCUT2D eigenvalue weighted by Gasteiger charge is 2.70. The number of carbonyl (C=O) groups is 6. The number of Topliss-reactive ketones (excluding diaryl/α,β-unsaturated/α-hetero) is 1. The van der Waals surface area contributed by atoms with Crippen LogP contribution in [0.4, 0.5) is 4.79 Å². The van der Waals surface area contributed by atoms with E-state index in [1.807, 2.05) is 45.0 Å². The molecule has 1 aromatic carbocycles. The largest absolute Gasteiger partial charge is 0.458 e. The molecule has 5 rings (SSSR count). The van der Waals surface area contributed by atoms with Crippen LogP contribution < -0.4 is 21.7 Å². The number of hydrogen-bond donors (Lipinski definition) is 4. The number of nitrogens with zero attached hydrogens (tertiary/aromatic N) is 1. The van der Waals surface area contributed by atoms with Gasteiger partial charge >= 0.3 is 12.0 Å². The van der Waals surface area contributed by atoms with E-state index in [4.69, 9.17) is 10.5 Å². The first-order chi connectivity index (χ1) is 23.2. The second kappa shape index (κ2) is 13.6. The molecule has 6 atom stereocenters. The van der Waals surface area contributed by atoms with E-state index in [9.17, 15) is 28.8 Å². The number of amides is 5. The molecule has 0 aromatic heterocycles. The van der Waals surface area contributed by atoms with E-state index >= 15 is 0 Å². The second-order valence-corrected chi connectivity index (χ2v) is 17.6. The molecule has 3 aliphatic carbocycles. The van der Waals surface area contributed by atoms with Gasteiger partial charge in [-0.25, -0.2) is 9.59 Å². The summed E-state index contributed by atoms with van der Waals surface area (Å²) in [5, 5.41) is 8.53. The Morgan fingerprint density at radius 1 is 0.940 bits per heavy atom. The van der Waals surface area contributed by atoms with E-state index in [1.54, 1.807) is 25.7 Å². The van der Waals surface area contributed by atoms with Crippen LogP contribution in [0.25, 0.3) is 0 Å².